The Balaban J connectivity index is 2.72. The van der Waals surface area contributed by atoms with Gasteiger partial charge in [-0.05, 0) is 24.6 Å². The summed E-state index contributed by atoms with van der Waals surface area (Å²) >= 11 is 0. The van der Waals surface area contributed by atoms with E-state index in [4.69, 9.17) is 10.5 Å². The molecule has 0 aromatic heterocycles. The molecule has 2 aromatic carbocycles. The molecule has 0 radical (unpaired) electrons. The van der Waals surface area contributed by atoms with Crippen molar-refractivity contribution in [2.24, 2.45) is 0 Å². The standard InChI is InChI=1S/C16H17NO4S/c1-3-21-16(18)12-9-13(17)15(11-7-5-4-6-8-11)14(10-12)22(2,19)20/h4-10H,3,17H2,1-2H3. The van der Waals surface area contributed by atoms with Gasteiger partial charge in [-0.2, -0.15) is 0 Å². The zero-order valence-electron chi connectivity index (χ0n) is 12.4. The molecule has 2 rings (SSSR count). The first-order valence-corrected chi connectivity index (χ1v) is 8.60. The monoisotopic (exact) mass is 319 g/mol. The Hall–Kier alpha value is -2.34. The Morgan fingerprint density at radius 3 is 2.36 bits per heavy atom. The van der Waals surface area contributed by atoms with E-state index in [1.54, 1.807) is 31.2 Å². The third kappa shape index (κ3) is 3.28. The molecule has 0 bridgehead atoms. The molecule has 0 saturated carbocycles. The van der Waals surface area contributed by atoms with Gasteiger partial charge in [0.1, 0.15) is 0 Å². The number of nitrogen functional groups attached to an aromatic ring is 1. The molecule has 2 N–H and O–H groups in total. The SMILES string of the molecule is CCOC(=O)c1cc(N)c(-c2ccccc2)c(S(C)(=O)=O)c1. The Morgan fingerprint density at radius 2 is 1.82 bits per heavy atom. The molecule has 0 saturated heterocycles. The molecule has 0 heterocycles. The molecule has 5 nitrogen and oxygen atoms in total. The van der Waals surface area contributed by atoms with Crippen LogP contribution in [0.1, 0.15) is 17.3 Å². The average molecular weight is 319 g/mol. The van der Waals surface area contributed by atoms with Crippen LogP contribution in [0.15, 0.2) is 47.4 Å². The highest BCUT2D eigenvalue weighted by molar-refractivity contribution is 7.90. The third-order valence-corrected chi connectivity index (χ3v) is 4.23. The highest BCUT2D eigenvalue weighted by Gasteiger charge is 2.21. The van der Waals surface area contributed by atoms with Crippen LogP contribution in [0.2, 0.25) is 0 Å². The van der Waals surface area contributed by atoms with Crippen LogP contribution in [0, 0.1) is 0 Å². The molecule has 0 aliphatic heterocycles. The molecule has 0 spiro atoms. The quantitative estimate of drug-likeness (QED) is 0.691. The molecule has 0 aliphatic carbocycles. The number of ether oxygens (including phenoxy) is 1. The van der Waals surface area contributed by atoms with Crippen molar-refractivity contribution in [3.8, 4) is 11.1 Å². The lowest BCUT2D eigenvalue weighted by Crippen LogP contribution is -2.10. The van der Waals surface area contributed by atoms with E-state index in [1.807, 2.05) is 6.07 Å². The van der Waals surface area contributed by atoms with Crippen LogP contribution in [0.4, 0.5) is 5.69 Å². The van der Waals surface area contributed by atoms with E-state index in [0.29, 0.717) is 11.1 Å². The van der Waals surface area contributed by atoms with Gasteiger partial charge in [0.2, 0.25) is 0 Å². The molecular weight excluding hydrogens is 302 g/mol. The summed E-state index contributed by atoms with van der Waals surface area (Å²) in [7, 11) is -3.56. The van der Waals surface area contributed by atoms with Gasteiger partial charge in [0.05, 0.1) is 17.1 Å². The molecule has 0 unspecified atom stereocenters. The van der Waals surface area contributed by atoms with Crippen LogP contribution < -0.4 is 5.73 Å². The first kappa shape index (κ1) is 16.0. The Kier molecular flexibility index (Phi) is 4.51. The number of hydrogen-bond donors (Lipinski definition) is 1. The molecule has 2 aromatic rings. The number of esters is 1. The molecule has 6 heteroatoms. The van der Waals surface area contributed by atoms with Gasteiger partial charge >= 0.3 is 5.97 Å². The second kappa shape index (κ2) is 6.19. The number of carbonyl (C=O) groups excluding carboxylic acids is 1. The van der Waals surface area contributed by atoms with Crippen molar-refractivity contribution in [2.75, 3.05) is 18.6 Å². The molecule has 0 aliphatic rings. The van der Waals surface area contributed by atoms with Crippen molar-refractivity contribution in [1.29, 1.82) is 0 Å². The number of anilines is 1. The largest absolute Gasteiger partial charge is 0.462 e. The number of benzene rings is 2. The first-order chi connectivity index (χ1) is 10.3. The highest BCUT2D eigenvalue weighted by atomic mass is 32.2. The zero-order chi connectivity index (χ0) is 16.3. The van der Waals surface area contributed by atoms with Crippen molar-refractivity contribution < 1.29 is 17.9 Å². The summed E-state index contributed by atoms with van der Waals surface area (Å²) in [5.74, 6) is -0.598. The minimum atomic E-state index is -3.56. The second-order valence-electron chi connectivity index (χ2n) is 4.80. The summed E-state index contributed by atoms with van der Waals surface area (Å²) in [6.45, 7) is 1.88. The minimum Gasteiger partial charge on any atom is -0.462 e. The summed E-state index contributed by atoms with van der Waals surface area (Å²) in [5.41, 5.74) is 7.43. The van der Waals surface area contributed by atoms with Crippen LogP contribution in [0.25, 0.3) is 11.1 Å². The number of sulfone groups is 1. The summed E-state index contributed by atoms with van der Waals surface area (Å²) in [6.07, 6.45) is 1.09. The van der Waals surface area contributed by atoms with Gasteiger partial charge in [-0.25, -0.2) is 13.2 Å². The van der Waals surface area contributed by atoms with Crippen LogP contribution in [-0.2, 0) is 14.6 Å². The van der Waals surface area contributed by atoms with Crippen molar-refractivity contribution in [3.63, 3.8) is 0 Å². The molecule has 22 heavy (non-hydrogen) atoms. The van der Waals surface area contributed by atoms with Crippen LogP contribution in [0.3, 0.4) is 0 Å². The lowest BCUT2D eigenvalue weighted by molar-refractivity contribution is 0.0526. The first-order valence-electron chi connectivity index (χ1n) is 6.70. The van der Waals surface area contributed by atoms with E-state index in [2.05, 4.69) is 0 Å². The number of rotatable bonds is 4. The van der Waals surface area contributed by atoms with Gasteiger partial charge in [-0.1, -0.05) is 30.3 Å². The van der Waals surface area contributed by atoms with E-state index >= 15 is 0 Å². The summed E-state index contributed by atoms with van der Waals surface area (Å²) < 4.78 is 29.1. The second-order valence-corrected chi connectivity index (χ2v) is 6.78. The maximum Gasteiger partial charge on any atom is 0.338 e. The fraction of sp³-hybridized carbons (Fsp3) is 0.188. The predicted molar refractivity (Wildman–Crippen MR) is 85.4 cm³/mol. The lowest BCUT2D eigenvalue weighted by atomic mass is 10.0. The summed E-state index contributed by atoms with van der Waals surface area (Å²) in [4.78, 5) is 11.9. The smallest absolute Gasteiger partial charge is 0.338 e. The van der Waals surface area contributed by atoms with Crippen molar-refractivity contribution in [3.05, 3.63) is 48.0 Å². The Morgan fingerprint density at radius 1 is 1.18 bits per heavy atom. The van der Waals surface area contributed by atoms with Crippen molar-refractivity contribution in [1.82, 2.24) is 0 Å². The van der Waals surface area contributed by atoms with E-state index in [0.717, 1.165) is 6.26 Å². The molecule has 0 fully saturated rings. The lowest BCUT2D eigenvalue weighted by Gasteiger charge is -2.13. The normalized spacial score (nSPS) is 11.2. The van der Waals surface area contributed by atoms with E-state index < -0.39 is 15.8 Å². The van der Waals surface area contributed by atoms with Gasteiger partial charge in [-0.15, -0.1) is 0 Å². The van der Waals surface area contributed by atoms with Gasteiger partial charge in [0.15, 0.2) is 9.84 Å². The van der Waals surface area contributed by atoms with Crippen LogP contribution >= 0.6 is 0 Å². The maximum atomic E-state index is 12.1. The maximum absolute atomic E-state index is 12.1. The van der Waals surface area contributed by atoms with E-state index in [9.17, 15) is 13.2 Å². The van der Waals surface area contributed by atoms with Crippen molar-refractivity contribution >= 4 is 21.5 Å². The van der Waals surface area contributed by atoms with Crippen molar-refractivity contribution in [2.45, 2.75) is 11.8 Å². The van der Waals surface area contributed by atoms with Crippen LogP contribution in [-0.4, -0.2) is 27.2 Å². The highest BCUT2D eigenvalue weighted by Crippen LogP contribution is 2.34. The number of hydrogen-bond acceptors (Lipinski definition) is 5. The summed E-state index contributed by atoms with van der Waals surface area (Å²) in [5, 5.41) is 0. The van der Waals surface area contributed by atoms with Crippen LogP contribution in [0.5, 0.6) is 0 Å². The minimum absolute atomic E-state index is 0.0155. The molecular formula is C16H17NO4S. The Bertz CT molecular complexity index is 798. The molecule has 116 valence electrons. The number of carbonyl (C=O) groups is 1. The number of nitrogens with two attached hydrogens (primary N) is 1. The topological polar surface area (TPSA) is 86.5 Å². The van der Waals surface area contributed by atoms with E-state index in [-0.39, 0.29) is 22.8 Å². The van der Waals surface area contributed by atoms with Gasteiger partial charge in [-0.3, -0.25) is 0 Å². The predicted octanol–water partition coefficient (Wildman–Crippen LogP) is 2.52. The third-order valence-electron chi connectivity index (χ3n) is 3.11. The van der Waals surface area contributed by atoms with Gasteiger partial charge in [0.25, 0.3) is 0 Å². The van der Waals surface area contributed by atoms with Gasteiger partial charge in [0, 0.05) is 17.5 Å². The Labute approximate surface area is 129 Å². The molecule has 0 atom stereocenters. The fourth-order valence-corrected chi connectivity index (χ4v) is 3.12. The average Bonchev–Trinajstić information content (AvgIpc) is 2.46. The summed E-state index contributed by atoms with van der Waals surface area (Å²) in [6, 6.07) is 11.7. The van der Waals surface area contributed by atoms with E-state index in [1.165, 1.54) is 12.1 Å². The van der Waals surface area contributed by atoms with Gasteiger partial charge < -0.3 is 10.5 Å². The zero-order valence-corrected chi connectivity index (χ0v) is 13.2. The fourth-order valence-electron chi connectivity index (χ4n) is 2.18. The molecule has 0 amide bonds.